The standard InChI is InChI=1S/C9H11BrN2/c1-2-12-9(11)7-3-5-8(10)6-4-7/h3-6H,2H2,1H3,(H2,11,12). The minimum absolute atomic E-state index is 0.602. The molecule has 12 heavy (non-hydrogen) atoms. The largest absolute Gasteiger partial charge is 0.384 e. The molecule has 0 aliphatic rings. The number of benzene rings is 1. The zero-order valence-corrected chi connectivity index (χ0v) is 8.51. The maximum absolute atomic E-state index is 5.69. The first-order valence-electron chi connectivity index (χ1n) is 3.80. The summed E-state index contributed by atoms with van der Waals surface area (Å²) >= 11 is 3.35. The van der Waals surface area contributed by atoms with Crippen LogP contribution in [0.15, 0.2) is 33.7 Å². The van der Waals surface area contributed by atoms with Crippen molar-refractivity contribution in [3.8, 4) is 0 Å². The zero-order valence-electron chi connectivity index (χ0n) is 6.92. The summed E-state index contributed by atoms with van der Waals surface area (Å²) in [5.41, 5.74) is 6.66. The third kappa shape index (κ3) is 2.34. The maximum atomic E-state index is 5.69. The first-order valence-corrected chi connectivity index (χ1v) is 4.59. The first-order chi connectivity index (χ1) is 5.74. The molecule has 0 bridgehead atoms. The Morgan fingerprint density at radius 1 is 1.42 bits per heavy atom. The van der Waals surface area contributed by atoms with E-state index >= 15 is 0 Å². The molecule has 1 aromatic carbocycles. The van der Waals surface area contributed by atoms with Crippen molar-refractivity contribution in [2.75, 3.05) is 6.54 Å². The Balaban J connectivity index is 2.89. The van der Waals surface area contributed by atoms with Gasteiger partial charge in [0.25, 0.3) is 0 Å². The molecule has 2 N–H and O–H groups in total. The molecule has 0 aromatic heterocycles. The van der Waals surface area contributed by atoms with Crippen LogP contribution in [0.5, 0.6) is 0 Å². The second-order valence-electron chi connectivity index (χ2n) is 2.37. The van der Waals surface area contributed by atoms with Crippen molar-refractivity contribution >= 4 is 21.8 Å². The predicted octanol–water partition coefficient (Wildman–Crippen LogP) is 2.17. The van der Waals surface area contributed by atoms with Gasteiger partial charge < -0.3 is 5.73 Å². The fourth-order valence-electron chi connectivity index (χ4n) is 0.882. The van der Waals surface area contributed by atoms with E-state index in [1.807, 2.05) is 31.2 Å². The lowest BCUT2D eigenvalue weighted by atomic mass is 10.2. The Morgan fingerprint density at radius 2 is 2.00 bits per heavy atom. The van der Waals surface area contributed by atoms with Crippen molar-refractivity contribution < 1.29 is 0 Å². The third-order valence-corrected chi connectivity index (χ3v) is 2.00. The predicted molar refractivity (Wildman–Crippen MR) is 55.4 cm³/mol. The van der Waals surface area contributed by atoms with E-state index in [-0.39, 0.29) is 0 Å². The van der Waals surface area contributed by atoms with Crippen molar-refractivity contribution in [2.45, 2.75) is 6.92 Å². The number of hydrogen-bond donors (Lipinski definition) is 1. The number of halogens is 1. The van der Waals surface area contributed by atoms with Crippen LogP contribution in [-0.2, 0) is 0 Å². The van der Waals surface area contributed by atoms with Crippen LogP contribution in [0.1, 0.15) is 12.5 Å². The number of hydrogen-bond acceptors (Lipinski definition) is 1. The van der Waals surface area contributed by atoms with E-state index < -0.39 is 0 Å². The van der Waals surface area contributed by atoms with Crippen LogP contribution >= 0.6 is 15.9 Å². The van der Waals surface area contributed by atoms with E-state index in [0.717, 1.165) is 16.6 Å². The summed E-state index contributed by atoms with van der Waals surface area (Å²) in [4.78, 5) is 4.10. The van der Waals surface area contributed by atoms with Crippen molar-refractivity contribution in [3.63, 3.8) is 0 Å². The molecule has 0 amide bonds. The van der Waals surface area contributed by atoms with Gasteiger partial charge in [-0.2, -0.15) is 0 Å². The van der Waals surface area contributed by atoms with Gasteiger partial charge in [-0.15, -0.1) is 0 Å². The van der Waals surface area contributed by atoms with Gasteiger partial charge >= 0.3 is 0 Å². The van der Waals surface area contributed by atoms with Gasteiger partial charge in [0.15, 0.2) is 0 Å². The lowest BCUT2D eigenvalue weighted by Crippen LogP contribution is -2.13. The number of rotatable bonds is 2. The van der Waals surface area contributed by atoms with Crippen molar-refractivity contribution in [1.82, 2.24) is 0 Å². The second-order valence-corrected chi connectivity index (χ2v) is 3.28. The van der Waals surface area contributed by atoms with E-state index in [0.29, 0.717) is 5.84 Å². The van der Waals surface area contributed by atoms with E-state index in [1.54, 1.807) is 0 Å². The Labute approximate surface area is 80.6 Å². The fourth-order valence-corrected chi connectivity index (χ4v) is 1.15. The first kappa shape index (κ1) is 9.26. The average Bonchev–Trinajstić information content (AvgIpc) is 2.06. The van der Waals surface area contributed by atoms with Gasteiger partial charge in [0.05, 0.1) is 0 Å². The van der Waals surface area contributed by atoms with Gasteiger partial charge in [-0.1, -0.05) is 28.1 Å². The van der Waals surface area contributed by atoms with Crippen LogP contribution in [0.25, 0.3) is 0 Å². The SMILES string of the molecule is CCN=C(N)c1ccc(Br)cc1. The van der Waals surface area contributed by atoms with Crippen LogP contribution in [0.4, 0.5) is 0 Å². The van der Waals surface area contributed by atoms with Gasteiger partial charge in [0.1, 0.15) is 5.84 Å². The maximum Gasteiger partial charge on any atom is 0.125 e. The summed E-state index contributed by atoms with van der Waals surface area (Å²) in [6.07, 6.45) is 0. The highest BCUT2D eigenvalue weighted by Gasteiger charge is 1.95. The summed E-state index contributed by atoms with van der Waals surface area (Å²) in [6, 6.07) is 7.79. The second kappa shape index (κ2) is 4.26. The van der Waals surface area contributed by atoms with E-state index in [2.05, 4.69) is 20.9 Å². The molecule has 1 aromatic rings. The normalized spacial score (nSPS) is 11.7. The average molecular weight is 227 g/mol. The molecule has 2 nitrogen and oxygen atoms in total. The molecule has 64 valence electrons. The molecule has 3 heteroatoms. The Morgan fingerprint density at radius 3 is 2.50 bits per heavy atom. The molecule has 1 rings (SSSR count). The monoisotopic (exact) mass is 226 g/mol. The molecule has 0 unspecified atom stereocenters. The van der Waals surface area contributed by atoms with Gasteiger partial charge in [-0.25, -0.2) is 0 Å². The van der Waals surface area contributed by atoms with Crippen LogP contribution < -0.4 is 5.73 Å². The quantitative estimate of drug-likeness (QED) is 0.610. The Hall–Kier alpha value is -0.830. The third-order valence-electron chi connectivity index (χ3n) is 1.47. The van der Waals surface area contributed by atoms with Gasteiger partial charge in [-0.05, 0) is 19.1 Å². The minimum Gasteiger partial charge on any atom is -0.384 e. The van der Waals surface area contributed by atoms with E-state index in [9.17, 15) is 0 Å². The van der Waals surface area contributed by atoms with Crippen molar-refractivity contribution in [3.05, 3.63) is 34.3 Å². The van der Waals surface area contributed by atoms with Crippen molar-refractivity contribution in [2.24, 2.45) is 10.7 Å². The highest BCUT2D eigenvalue weighted by molar-refractivity contribution is 9.10. The number of aliphatic imine (C=N–C) groups is 1. The molecule has 0 saturated carbocycles. The summed E-state index contributed by atoms with van der Waals surface area (Å²) in [5, 5.41) is 0. The Kier molecular flexibility index (Phi) is 3.29. The fraction of sp³-hybridized carbons (Fsp3) is 0.222. The highest BCUT2D eigenvalue weighted by Crippen LogP contribution is 2.09. The minimum atomic E-state index is 0.602. The van der Waals surface area contributed by atoms with Gasteiger partial charge in [-0.3, -0.25) is 4.99 Å². The molecular weight excluding hydrogens is 216 g/mol. The lowest BCUT2D eigenvalue weighted by molar-refractivity contribution is 1.12. The molecule has 0 fully saturated rings. The summed E-state index contributed by atoms with van der Waals surface area (Å²) < 4.78 is 1.05. The molecule has 0 heterocycles. The summed E-state index contributed by atoms with van der Waals surface area (Å²) in [5.74, 6) is 0.602. The van der Waals surface area contributed by atoms with Crippen LogP contribution in [0.2, 0.25) is 0 Å². The van der Waals surface area contributed by atoms with Crippen LogP contribution in [0, 0.1) is 0 Å². The van der Waals surface area contributed by atoms with Crippen molar-refractivity contribution in [1.29, 1.82) is 0 Å². The van der Waals surface area contributed by atoms with E-state index in [4.69, 9.17) is 5.73 Å². The van der Waals surface area contributed by atoms with Crippen LogP contribution in [0.3, 0.4) is 0 Å². The topological polar surface area (TPSA) is 38.4 Å². The van der Waals surface area contributed by atoms with Gasteiger partial charge in [0, 0.05) is 16.6 Å². The molecule has 0 saturated heterocycles. The zero-order chi connectivity index (χ0) is 8.97. The van der Waals surface area contributed by atoms with Gasteiger partial charge in [0.2, 0.25) is 0 Å². The summed E-state index contributed by atoms with van der Waals surface area (Å²) in [7, 11) is 0. The molecular formula is C9H11BrN2. The molecule has 0 spiro atoms. The highest BCUT2D eigenvalue weighted by atomic mass is 79.9. The number of nitrogens with zero attached hydrogens (tertiary/aromatic N) is 1. The number of nitrogens with two attached hydrogens (primary N) is 1. The number of amidine groups is 1. The lowest BCUT2D eigenvalue weighted by Gasteiger charge is -1.99. The van der Waals surface area contributed by atoms with Crippen LogP contribution in [-0.4, -0.2) is 12.4 Å². The summed E-state index contributed by atoms with van der Waals surface area (Å²) in [6.45, 7) is 2.69. The Bertz CT molecular complexity index is 277. The smallest absolute Gasteiger partial charge is 0.125 e. The molecule has 0 aliphatic heterocycles. The molecule has 0 aliphatic carbocycles. The molecule has 0 radical (unpaired) electrons. The molecule has 0 atom stereocenters. The van der Waals surface area contributed by atoms with E-state index in [1.165, 1.54) is 0 Å².